The van der Waals surface area contributed by atoms with E-state index in [2.05, 4.69) is 33.0 Å². The lowest BCUT2D eigenvalue weighted by molar-refractivity contribution is -0.134. The van der Waals surface area contributed by atoms with Gasteiger partial charge in [0.25, 0.3) is 5.97 Å². The monoisotopic (exact) mass is 189 g/mol. The van der Waals surface area contributed by atoms with E-state index in [-0.39, 0.29) is 0 Å². The first-order valence-corrected chi connectivity index (χ1v) is 4.76. The van der Waals surface area contributed by atoms with E-state index in [0.29, 0.717) is 0 Å². The van der Waals surface area contributed by atoms with Crippen LogP contribution in [0, 0.1) is 11.8 Å². The Morgan fingerprint density at radius 2 is 1.38 bits per heavy atom. The summed E-state index contributed by atoms with van der Waals surface area (Å²) in [6.07, 6.45) is 0. The lowest BCUT2D eigenvalue weighted by atomic mass is 10.2. The van der Waals surface area contributed by atoms with Crippen molar-refractivity contribution in [3.05, 3.63) is 0 Å². The van der Waals surface area contributed by atoms with Gasteiger partial charge in [-0.3, -0.25) is 4.79 Å². The maximum atomic E-state index is 9.00. The lowest BCUT2D eigenvalue weighted by Crippen LogP contribution is -2.23. The van der Waals surface area contributed by atoms with E-state index in [4.69, 9.17) is 9.90 Å². The predicted octanol–water partition coefficient (Wildman–Crippen LogP) is 1.98. The van der Waals surface area contributed by atoms with Crippen molar-refractivity contribution in [2.45, 2.75) is 34.6 Å². The minimum atomic E-state index is -0.833. The molecule has 0 heterocycles. The Labute approximate surface area is 81.5 Å². The first kappa shape index (κ1) is 14.9. The molecule has 0 spiro atoms. The molecule has 0 saturated carbocycles. The van der Waals surface area contributed by atoms with Gasteiger partial charge >= 0.3 is 0 Å². The largest absolute Gasteiger partial charge is 0.481 e. The molecule has 0 aromatic carbocycles. The maximum absolute atomic E-state index is 9.00. The Morgan fingerprint density at radius 3 is 1.54 bits per heavy atom. The Bertz CT molecular complexity index is 110. The molecule has 0 rings (SSSR count). The highest BCUT2D eigenvalue weighted by Gasteiger charge is 1.94. The third-order valence-electron chi connectivity index (χ3n) is 1.11. The van der Waals surface area contributed by atoms with Crippen LogP contribution in [0.15, 0.2) is 0 Å². The zero-order chi connectivity index (χ0) is 10.9. The van der Waals surface area contributed by atoms with Gasteiger partial charge in [0.1, 0.15) is 0 Å². The molecule has 3 heteroatoms. The van der Waals surface area contributed by atoms with Gasteiger partial charge in [-0.15, -0.1) is 0 Å². The van der Waals surface area contributed by atoms with E-state index in [1.807, 2.05) is 0 Å². The van der Waals surface area contributed by atoms with Crippen LogP contribution in [0.4, 0.5) is 0 Å². The number of hydrogen-bond donors (Lipinski definition) is 2. The summed E-state index contributed by atoms with van der Waals surface area (Å²) in [7, 11) is 0. The van der Waals surface area contributed by atoms with E-state index in [0.717, 1.165) is 31.8 Å². The summed E-state index contributed by atoms with van der Waals surface area (Å²) in [5.41, 5.74) is 0. The van der Waals surface area contributed by atoms with Crippen LogP contribution in [-0.2, 0) is 4.79 Å². The van der Waals surface area contributed by atoms with Crippen molar-refractivity contribution >= 4 is 5.97 Å². The molecule has 3 nitrogen and oxygen atoms in total. The van der Waals surface area contributed by atoms with Gasteiger partial charge < -0.3 is 10.4 Å². The van der Waals surface area contributed by atoms with Gasteiger partial charge in [-0.2, -0.15) is 0 Å². The van der Waals surface area contributed by atoms with Gasteiger partial charge in [0.15, 0.2) is 0 Å². The zero-order valence-electron chi connectivity index (χ0n) is 9.42. The quantitative estimate of drug-likeness (QED) is 0.711. The zero-order valence-corrected chi connectivity index (χ0v) is 9.42. The number of aliphatic carboxylic acids is 1. The second-order valence-corrected chi connectivity index (χ2v) is 3.96. The summed E-state index contributed by atoms with van der Waals surface area (Å²) in [5.74, 6) is 0.729. The van der Waals surface area contributed by atoms with E-state index in [9.17, 15) is 0 Å². The molecule has 0 aliphatic carbocycles. The summed E-state index contributed by atoms with van der Waals surface area (Å²) in [5, 5.41) is 10.8. The van der Waals surface area contributed by atoms with Crippen LogP contribution in [-0.4, -0.2) is 24.2 Å². The molecule has 0 fully saturated rings. The number of carboxylic acid groups (broad SMARTS) is 1. The smallest absolute Gasteiger partial charge is 0.300 e. The average Bonchev–Trinajstić information content (AvgIpc) is 1.83. The van der Waals surface area contributed by atoms with Crippen molar-refractivity contribution in [1.82, 2.24) is 5.32 Å². The van der Waals surface area contributed by atoms with Gasteiger partial charge in [-0.05, 0) is 24.9 Å². The summed E-state index contributed by atoms with van der Waals surface area (Å²) < 4.78 is 0. The van der Waals surface area contributed by atoms with Crippen LogP contribution >= 0.6 is 0 Å². The molecule has 0 aliphatic heterocycles. The first-order chi connectivity index (χ1) is 5.86. The van der Waals surface area contributed by atoms with Crippen LogP contribution in [0.5, 0.6) is 0 Å². The maximum Gasteiger partial charge on any atom is 0.300 e. The SMILES string of the molecule is CC(=O)O.CC(C)CNCC(C)C. The van der Waals surface area contributed by atoms with Crippen LogP contribution < -0.4 is 5.32 Å². The topological polar surface area (TPSA) is 49.3 Å². The van der Waals surface area contributed by atoms with Gasteiger partial charge in [0.2, 0.25) is 0 Å². The van der Waals surface area contributed by atoms with E-state index < -0.39 is 5.97 Å². The van der Waals surface area contributed by atoms with Gasteiger partial charge in [-0.1, -0.05) is 27.7 Å². The molecule has 0 radical (unpaired) electrons. The van der Waals surface area contributed by atoms with Crippen molar-refractivity contribution in [1.29, 1.82) is 0 Å². The molecule has 0 aliphatic rings. The van der Waals surface area contributed by atoms with Crippen LogP contribution in [0.3, 0.4) is 0 Å². The first-order valence-electron chi connectivity index (χ1n) is 4.76. The number of rotatable bonds is 4. The summed E-state index contributed by atoms with van der Waals surface area (Å²) in [6.45, 7) is 12.3. The second kappa shape index (κ2) is 9.52. The Hall–Kier alpha value is -0.570. The molecule has 13 heavy (non-hydrogen) atoms. The molecule has 0 atom stereocenters. The molecule has 2 N–H and O–H groups in total. The van der Waals surface area contributed by atoms with Crippen molar-refractivity contribution in [3.63, 3.8) is 0 Å². The van der Waals surface area contributed by atoms with E-state index in [1.165, 1.54) is 0 Å². The van der Waals surface area contributed by atoms with Gasteiger partial charge in [0, 0.05) is 6.92 Å². The fourth-order valence-electron chi connectivity index (χ4n) is 0.661. The lowest BCUT2D eigenvalue weighted by Gasteiger charge is -2.08. The highest BCUT2D eigenvalue weighted by molar-refractivity contribution is 5.62. The molecule has 0 bridgehead atoms. The Kier molecular flexibility index (Phi) is 10.9. The fourth-order valence-corrected chi connectivity index (χ4v) is 0.661. The molecule has 0 aromatic rings. The molecule has 0 aromatic heterocycles. The molecule has 0 saturated heterocycles. The van der Waals surface area contributed by atoms with Crippen molar-refractivity contribution in [2.75, 3.05) is 13.1 Å². The predicted molar refractivity (Wildman–Crippen MR) is 55.9 cm³/mol. The Balaban J connectivity index is 0. The summed E-state index contributed by atoms with van der Waals surface area (Å²) in [4.78, 5) is 9.00. The molecular weight excluding hydrogens is 166 g/mol. The van der Waals surface area contributed by atoms with E-state index in [1.54, 1.807) is 0 Å². The van der Waals surface area contributed by atoms with Gasteiger partial charge in [0.05, 0.1) is 0 Å². The minimum Gasteiger partial charge on any atom is -0.481 e. The van der Waals surface area contributed by atoms with Crippen LogP contribution in [0.25, 0.3) is 0 Å². The van der Waals surface area contributed by atoms with Crippen molar-refractivity contribution < 1.29 is 9.90 Å². The normalized spacial score (nSPS) is 9.77. The van der Waals surface area contributed by atoms with Crippen LogP contribution in [0.1, 0.15) is 34.6 Å². The summed E-state index contributed by atoms with van der Waals surface area (Å²) >= 11 is 0. The fraction of sp³-hybridized carbons (Fsp3) is 0.900. The van der Waals surface area contributed by atoms with Crippen LogP contribution in [0.2, 0.25) is 0 Å². The molecule has 0 unspecified atom stereocenters. The second-order valence-electron chi connectivity index (χ2n) is 3.96. The number of carboxylic acids is 1. The van der Waals surface area contributed by atoms with E-state index >= 15 is 0 Å². The Morgan fingerprint density at radius 1 is 1.15 bits per heavy atom. The van der Waals surface area contributed by atoms with Gasteiger partial charge in [-0.25, -0.2) is 0 Å². The standard InChI is InChI=1S/C8H19N.C2H4O2/c1-7(2)5-9-6-8(3)4;1-2(3)4/h7-9H,5-6H2,1-4H3;1H3,(H,3,4). The molecular formula is C10H23NO2. The molecule has 0 amide bonds. The van der Waals surface area contributed by atoms with Crippen molar-refractivity contribution in [2.24, 2.45) is 11.8 Å². The third kappa shape index (κ3) is 34.5. The average molecular weight is 189 g/mol. The third-order valence-corrected chi connectivity index (χ3v) is 1.11. The molecule has 80 valence electrons. The summed E-state index contributed by atoms with van der Waals surface area (Å²) in [6, 6.07) is 0. The number of nitrogens with one attached hydrogen (secondary N) is 1. The minimum absolute atomic E-state index is 0.781. The highest BCUT2D eigenvalue weighted by Crippen LogP contribution is 1.90. The number of hydrogen-bond acceptors (Lipinski definition) is 2. The number of carbonyl (C=O) groups is 1. The van der Waals surface area contributed by atoms with Crippen molar-refractivity contribution in [3.8, 4) is 0 Å². The highest BCUT2D eigenvalue weighted by atomic mass is 16.4.